The van der Waals surface area contributed by atoms with Crippen molar-refractivity contribution in [3.63, 3.8) is 0 Å². The maximum atomic E-state index is 9.25. The zero-order valence-corrected chi connectivity index (χ0v) is 12.7. The molecule has 1 unspecified atom stereocenters. The van der Waals surface area contributed by atoms with Crippen molar-refractivity contribution in [2.75, 3.05) is 5.32 Å². The van der Waals surface area contributed by atoms with E-state index in [-0.39, 0.29) is 6.04 Å². The molecule has 92 valence electrons. The molecule has 18 heavy (non-hydrogen) atoms. The van der Waals surface area contributed by atoms with Gasteiger partial charge in [-0.05, 0) is 46.6 Å². The molecule has 0 aliphatic heterocycles. The van der Waals surface area contributed by atoms with E-state index in [1.165, 1.54) is 11.3 Å². The zero-order valence-electron chi connectivity index (χ0n) is 9.58. The van der Waals surface area contributed by atoms with Gasteiger partial charge < -0.3 is 5.32 Å². The molecular formula is C13H10BrClN2S. The van der Waals surface area contributed by atoms with Crippen LogP contribution in [0.4, 0.5) is 5.69 Å². The standard InChI is InChI=1S/C13H10BrClN2S/c1-8-3-2-4-9(5-8)17-11(7-16)12-6-10(14)13(15)18-12/h2-6,11,17H,1H3. The van der Waals surface area contributed by atoms with E-state index in [4.69, 9.17) is 11.6 Å². The van der Waals surface area contributed by atoms with Gasteiger partial charge in [0.2, 0.25) is 0 Å². The molecule has 0 radical (unpaired) electrons. The third kappa shape index (κ3) is 3.05. The molecule has 1 aromatic carbocycles. The van der Waals surface area contributed by atoms with Crippen molar-refractivity contribution in [1.29, 1.82) is 5.26 Å². The van der Waals surface area contributed by atoms with Crippen LogP contribution in [0.3, 0.4) is 0 Å². The van der Waals surface area contributed by atoms with Crippen LogP contribution in [-0.2, 0) is 0 Å². The Hall–Kier alpha value is -1.02. The Labute approximate surface area is 123 Å². The number of hydrogen-bond donors (Lipinski definition) is 1. The van der Waals surface area contributed by atoms with Gasteiger partial charge in [-0.15, -0.1) is 11.3 Å². The maximum absolute atomic E-state index is 9.25. The average molecular weight is 342 g/mol. The quantitative estimate of drug-likeness (QED) is 0.838. The topological polar surface area (TPSA) is 35.8 Å². The summed E-state index contributed by atoms with van der Waals surface area (Å²) < 4.78 is 1.49. The Kier molecular flexibility index (Phi) is 4.28. The maximum Gasteiger partial charge on any atom is 0.149 e. The summed E-state index contributed by atoms with van der Waals surface area (Å²) in [5.74, 6) is 0. The van der Waals surface area contributed by atoms with E-state index in [0.29, 0.717) is 4.34 Å². The predicted molar refractivity (Wildman–Crippen MR) is 80.2 cm³/mol. The molecule has 5 heteroatoms. The summed E-state index contributed by atoms with van der Waals surface area (Å²) in [6.07, 6.45) is 0. The highest BCUT2D eigenvalue weighted by Gasteiger charge is 2.15. The number of rotatable bonds is 3. The van der Waals surface area contributed by atoms with Crippen molar-refractivity contribution in [2.45, 2.75) is 13.0 Å². The van der Waals surface area contributed by atoms with Gasteiger partial charge in [0.1, 0.15) is 10.4 Å². The first kappa shape index (κ1) is 13.4. The van der Waals surface area contributed by atoms with E-state index in [9.17, 15) is 5.26 Å². The molecule has 2 aromatic rings. The lowest BCUT2D eigenvalue weighted by Gasteiger charge is -2.11. The molecule has 1 aromatic heterocycles. The molecule has 0 aliphatic carbocycles. The van der Waals surface area contributed by atoms with Crippen LogP contribution in [0.1, 0.15) is 16.5 Å². The highest BCUT2D eigenvalue weighted by molar-refractivity contribution is 9.10. The second-order valence-corrected chi connectivity index (χ2v) is 6.39. The lowest BCUT2D eigenvalue weighted by Crippen LogP contribution is -2.06. The molecular weight excluding hydrogens is 332 g/mol. The number of thiophene rings is 1. The Balaban J connectivity index is 2.23. The Morgan fingerprint density at radius 1 is 1.44 bits per heavy atom. The van der Waals surface area contributed by atoms with Gasteiger partial charge in [-0.1, -0.05) is 23.7 Å². The first-order valence-corrected chi connectivity index (χ1v) is 7.26. The molecule has 1 heterocycles. The highest BCUT2D eigenvalue weighted by atomic mass is 79.9. The van der Waals surface area contributed by atoms with Crippen LogP contribution in [-0.4, -0.2) is 0 Å². The summed E-state index contributed by atoms with van der Waals surface area (Å²) in [5, 5.41) is 12.4. The van der Waals surface area contributed by atoms with E-state index < -0.39 is 0 Å². The summed E-state index contributed by atoms with van der Waals surface area (Å²) >= 11 is 10.7. The van der Waals surface area contributed by atoms with Gasteiger partial charge in [-0.2, -0.15) is 5.26 Å². The summed E-state index contributed by atoms with van der Waals surface area (Å²) in [5.41, 5.74) is 2.09. The molecule has 1 N–H and O–H groups in total. The molecule has 0 aliphatic rings. The van der Waals surface area contributed by atoms with Crippen molar-refractivity contribution < 1.29 is 0 Å². The third-order valence-corrected chi connectivity index (χ3v) is 4.95. The molecule has 0 saturated carbocycles. The number of aryl methyl sites for hydroxylation is 1. The number of halogens is 2. The van der Waals surface area contributed by atoms with Crippen molar-refractivity contribution in [2.24, 2.45) is 0 Å². The average Bonchev–Trinajstić information content (AvgIpc) is 2.66. The van der Waals surface area contributed by atoms with Crippen molar-refractivity contribution in [3.8, 4) is 6.07 Å². The van der Waals surface area contributed by atoms with Crippen LogP contribution >= 0.6 is 38.9 Å². The Morgan fingerprint density at radius 3 is 2.78 bits per heavy atom. The predicted octanol–water partition coefficient (Wildman–Crippen LogP) is 5.15. The molecule has 1 atom stereocenters. The number of nitrogens with one attached hydrogen (secondary N) is 1. The van der Waals surface area contributed by atoms with E-state index in [2.05, 4.69) is 27.3 Å². The zero-order chi connectivity index (χ0) is 13.1. The van der Waals surface area contributed by atoms with Gasteiger partial charge >= 0.3 is 0 Å². The normalized spacial score (nSPS) is 11.9. The lowest BCUT2D eigenvalue weighted by molar-refractivity contribution is 1.03. The largest absolute Gasteiger partial charge is 0.366 e. The molecule has 2 nitrogen and oxygen atoms in total. The monoisotopic (exact) mass is 340 g/mol. The minimum Gasteiger partial charge on any atom is -0.366 e. The molecule has 2 rings (SSSR count). The number of nitrogens with zero attached hydrogens (tertiary/aromatic N) is 1. The fourth-order valence-electron chi connectivity index (χ4n) is 1.57. The molecule has 0 fully saturated rings. The third-order valence-electron chi connectivity index (χ3n) is 2.41. The lowest BCUT2D eigenvalue weighted by atomic mass is 10.2. The van der Waals surface area contributed by atoms with Gasteiger partial charge in [0.15, 0.2) is 0 Å². The SMILES string of the molecule is Cc1cccc(NC(C#N)c2cc(Br)c(Cl)s2)c1. The van der Waals surface area contributed by atoms with Crippen LogP contribution in [0.2, 0.25) is 4.34 Å². The molecule has 0 amide bonds. The minimum absolute atomic E-state index is 0.388. The van der Waals surface area contributed by atoms with Gasteiger partial charge in [-0.25, -0.2) is 0 Å². The van der Waals surface area contributed by atoms with Crippen LogP contribution < -0.4 is 5.32 Å². The summed E-state index contributed by atoms with van der Waals surface area (Å²) in [4.78, 5) is 0.899. The van der Waals surface area contributed by atoms with Gasteiger partial charge in [0.05, 0.1) is 6.07 Å². The summed E-state index contributed by atoms with van der Waals surface area (Å²) in [6.45, 7) is 2.02. The second-order valence-electron chi connectivity index (χ2n) is 3.85. The smallest absolute Gasteiger partial charge is 0.149 e. The second kappa shape index (κ2) is 5.75. The van der Waals surface area contributed by atoms with Gasteiger partial charge in [0, 0.05) is 15.0 Å². The van der Waals surface area contributed by atoms with Crippen molar-refractivity contribution in [1.82, 2.24) is 0 Å². The van der Waals surface area contributed by atoms with Crippen molar-refractivity contribution >= 4 is 44.6 Å². The van der Waals surface area contributed by atoms with Gasteiger partial charge in [0.25, 0.3) is 0 Å². The van der Waals surface area contributed by atoms with Crippen LogP contribution in [0, 0.1) is 18.3 Å². The summed E-state index contributed by atoms with van der Waals surface area (Å²) in [6, 6.07) is 11.7. The van der Waals surface area contributed by atoms with Crippen LogP contribution in [0.15, 0.2) is 34.8 Å². The van der Waals surface area contributed by atoms with E-state index in [1.807, 2.05) is 37.3 Å². The molecule has 0 bridgehead atoms. The van der Waals surface area contributed by atoms with E-state index >= 15 is 0 Å². The van der Waals surface area contributed by atoms with Crippen molar-refractivity contribution in [3.05, 3.63) is 49.6 Å². The number of nitriles is 1. The fourth-order valence-corrected chi connectivity index (χ4v) is 3.31. The number of hydrogen-bond acceptors (Lipinski definition) is 3. The van der Waals surface area contributed by atoms with Gasteiger partial charge in [-0.3, -0.25) is 0 Å². The summed E-state index contributed by atoms with van der Waals surface area (Å²) in [7, 11) is 0. The number of benzene rings is 1. The highest BCUT2D eigenvalue weighted by Crippen LogP contribution is 2.36. The number of anilines is 1. The Bertz CT molecular complexity index is 584. The van der Waals surface area contributed by atoms with E-state index in [0.717, 1.165) is 20.6 Å². The van der Waals surface area contributed by atoms with Crippen LogP contribution in [0.25, 0.3) is 0 Å². The fraction of sp³-hybridized carbons (Fsp3) is 0.154. The molecule has 0 spiro atoms. The Morgan fingerprint density at radius 2 is 2.22 bits per heavy atom. The van der Waals surface area contributed by atoms with Crippen LogP contribution in [0.5, 0.6) is 0 Å². The first-order valence-electron chi connectivity index (χ1n) is 5.27. The van der Waals surface area contributed by atoms with E-state index in [1.54, 1.807) is 0 Å². The first-order chi connectivity index (χ1) is 8.60. The minimum atomic E-state index is -0.388. The molecule has 0 saturated heterocycles.